The molecule has 2 aromatic heterocycles. The van der Waals surface area contributed by atoms with Gasteiger partial charge in [-0.15, -0.1) is 0 Å². The molecule has 0 aliphatic heterocycles. The molecule has 0 spiro atoms. The first-order valence-electron chi connectivity index (χ1n) is 8.51. The third kappa shape index (κ3) is 3.49. The number of halogens is 2. The van der Waals surface area contributed by atoms with Gasteiger partial charge in [-0.25, -0.2) is 9.78 Å². The number of aromatic nitrogens is 3. The number of anilines is 1. The second-order valence-electron chi connectivity index (χ2n) is 6.71. The zero-order chi connectivity index (χ0) is 20.6. The fourth-order valence-corrected chi connectivity index (χ4v) is 3.20. The molecule has 2 heterocycles. The number of carboxylic acid groups (broad SMARTS) is 1. The average Bonchev–Trinajstić information content (AvgIpc) is 3.06. The summed E-state index contributed by atoms with van der Waals surface area (Å²) in [6, 6.07) is 6.91. The highest BCUT2D eigenvalue weighted by molar-refractivity contribution is 6.36. The summed E-state index contributed by atoms with van der Waals surface area (Å²) in [7, 11) is 0. The molecule has 2 N–H and O–H groups in total. The standard InChI is InChI=1S/C19H17Cl2N5O2/c1-9(2)10(3)24-18-15(12-5-4-11(7-22)6-14(12)20)16(21)25-17-13(19(27)28)8-23-26(17)18/h4-6,8-10,24H,1-3H3,(H,27,28)/t10-/m1/s1. The molecule has 0 saturated carbocycles. The maximum atomic E-state index is 11.5. The van der Waals surface area contributed by atoms with Gasteiger partial charge in [-0.1, -0.05) is 43.1 Å². The topological polar surface area (TPSA) is 103 Å². The molecule has 144 valence electrons. The van der Waals surface area contributed by atoms with Gasteiger partial charge in [0.05, 0.1) is 23.4 Å². The molecule has 1 aromatic carbocycles. The minimum atomic E-state index is -1.15. The average molecular weight is 418 g/mol. The molecule has 0 radical (unpaired) electrons. The number of benzene rings is 1. The van der Waals surface area contributed by atoms with Crippen LogP contribution in [0.2, 0.25) is 10.2 Å². The fourth-order valence-electron chi connectivity index (χ4n) is 2.66. The van der Waals surface area contributed by atoms with Gasteiger partial charge in [-0.05, 0) is 25.0 Å². The lowest BCUT2D eigenvalue weighted by atomic mass is 10.0. The van der Waals surface area contributed by atoms with Crippen molar-refractivity contribution in [3.05, 3.63) is 45.7 Å². The van der Waals surface area contributed by atoms with Crippen LogP contribution in [0.5, 0.6) is 0 Å². The molecule has 3 rings (SSSR count). The Balaban J connectivity index is 2.34. The highest BCUT2D eigenvalue weighted by Gasteiger charge is 2.24. The Morgan fingerprint density at radius 2 is 2.04 bits per heavy atom. The number of rotatable bonds is 5. The van der Waals surface area contributed by atoms with Gasteiger partial charge in [-0.3, -0.25) is 0 Å². The molecule has 1 atom stereocenters. The van der Waals surface area contributed by atoms with E-state index in [1.807, 2.05) is 13.0 Å². The van der Waals surface area contributed by atoms with Crippen LogP contribution in [-0.2, 0) is 0 Å². The SMILES string of the molecule is CC(C)[C@@H](C)Nc1c(-c2ccc(C#N)cc2Cl)c(Cl)nc2c(C(=O)O)cnn12. The second kappa shape index (κ2) is 7.66. The Kier molecular flexibility index (Phi) is 5.45. The molecule has 0 saturated heterocycles. The van der Waals surface area contributed by atoms with Gasteiger partial charge in [-0.2, -0.15) is 14.9 Å². The van der Waals surface area contributed by atoms with Crippen molar-refractivity contribution in [2.24, 2.45) is 5.92 Å². The van der Waals surface area contributed by atoms with Crippen LogP contribution in [-0.4, -0.2) is 31.7 Å². The van der Waals surface area contributed by atoms with Gasteiger partial charge in [0.2, 0.25) is 0 Å². The summed E-state index contributed by atoms with van der Waals surface area (Å²) in [4.78, 5) is 15.8. The van der Waals surface area contributed by atoms with Crippen LogP contribution in [0.3, 0.4) is 0 Å². The van der Waals surface area contributed by atoms with E-state index < -0.39 is 5.97 Å². The Hall–Kier alpha value is -2.82. The summed E-state index contributed by atoms with van der Waals surface area (Å²) < 4.78 is 1.41. The number of nitriles is 1. The van der Waals surface area contributed by atoms with Gasteiger partial charge >= 0.3 is 5.97 Å². The normalized spacial score (nSPS) is 12.2. The Morgan fingerprint density at radius 1 is 1.32 bits per heavy atom. The maximum Gasteiger partial charge on any atom is 0.341 e. The zero-order valence-corrected chi connectivity index (χ0v) is 16.9. The first kappa shape index (κ1) is 19.9. The number of fused-ring (bicyclic) bond motifs is 1. The Bertz CT molecular complexity index is 1120. The number of nitrogens with zero attached hydrogens (tertiary/aromatic N) is 4. The first-order valence-corrected chi connectivity index (χ1v) is 9.27. The van der Waals surface area contributed by atoms with Crippen LogP contribution in [0.4, 0.5) is 5.82 Å². The molecule has 28 heavy (non-hydrogen) atoms. The summed E-state index contributed by atoms with van der Waals surface area (Å²) in [5.74, 6) is -0.387. The molecular formula is C19H17Cl2N5O2. The lowest BCUT2D eigenvalue weighted by molar-refractivity contribution is 0.0699. The summed E-state index contributed by atoms with van der Waals surface area (Å²) in [6.45, 7) is 6.10. The van der Waals surface area contributed by atoms with Crippen molar-refractivity contribution in [2.75, 3.05) is 5.32 Å². The third-order valence-electron chi connectivity index (χ3n) is 4.57. The van der Waals surface area contributed by atoms with Crippen molar-refractivity contribution in [3.63, 3.8) is 0 Å². The number of nitrogens with one attached hydrogen (secondary N) is 1. The maximum absolute atomic E-state index is 11.5. The summed E-state index contributed by atoms with van der Waals surface area (Å²) in [5.41, 5.74) is 1.53. The Labute approximate surface area is 171 Å². The van der Waals surface area contributed by atoms with E-state index in [1.54, 1.807) is 18.2 Å². The fraction of sp³-hybridized carbons (Fsp3) is 0.263. The van der Waals surface area contributed by atoms with E-state index in [2.05, 4.69) is 29.2 Å². The summed E-state index contributed by atoms with van der Waals surface area (Å²) in [5, 5.41) is 26.5. The first-order chi connectivity index (χ1) is 13.2. The van der Waals surface area contributed by atoms with E-state index in [9.17, 15) is 9.90 Å². The van der Waals surface area contributed by atoms with E-state index in [0.29, 0.717) is 27.5 Å². The van der Waals surface area contributed by atoms with Crippen molar-refractivity contribution in [1.29, 1.82) is 5.26 Å². The molecule has 0 bridgehead atoms. The summed E-state index contributed by atoms with van der Waals surface area (Å²) >= 11 is 12.9. The van der Waals surface area contributed by atoms with E-state index in [1.165, 1.54) is 10.7 Å². The smallest absolute Gasteiger partial charge is 0.341 e. The molecule has 0 aliphatic rings. The predicted octanol–water partition coefficient (Wildman–Crippen LogP) is 4.73. The number of hydrogen-bond acceptors (Lipinski definition) is 5. The molecular weight excluding hydrogens is 401 g/mol. The number of aromatic carboxylic acids is 1. The number of hydrogen-bond donors (Lipinski definition) is 2. The van der Waals surface area contributed by atoms with Crippen LogP contribution in [0.15, 0.2) is 24.4 Å². The highest BCUT2D eigenvalue weighted by Crippen LogP contribution is 2.39. The minimum Gasteiger partial charge on any atom is -0.477 e. The van der Waals surface area contributed by atoms with E-state index in [0.717, 1.165) is 0 Å². The third-order valence-corrected chi connectivity index (χ3v) is 5.15. The molecule has 7 nitrogen and oxygen atoms in total. The molecule has 0 unspecified atom stereocenters. The zero-order valence-electron chi connectivity index (χ0n) is 15.4. The molecule has 3 aromatic rings. The van der Waals surface area contributed by atoms with E-state index in [4.69, 9.17) is 28.5 Å². The quantitative estimate of drug-likeness (QED) is 0.581. The van der Waals surface area contributed by atoms with Gasteiger partial charge < -0.3 is 10.4 Å². The van der Waals surface area contributed by atoms with Crippen molar-refractivity contribution in [2.45, 2.75) is 26.8 Å². The van der Waals surface area contributed by atoms with Gasteiger partial charge in [0.25, 0.3) is 0 Å². The molecule has 0 fully saturated rings. The van der Waals surface area contributed by atoms with Crippen molar-refractivity contribution in [1.82, 2.24) is 14.6 Å². The van der Waals surface area contributed by atoms with Crippen LogP contribution >= 0.6 is 23.2 Å². The molecule has 9 heteroatoms. The Morgan fingerprint density at radius 3 is 2.61 bits per heavy atom. The van der Waals surface area contributed by atoms with Gasteiger partial charge in [0.1, 0.15) is 16.5 Å². The van der Waals surface area contributed by atoms with Crippen LogP contribution in [0, 0.1) is 17.2 Å². The number of carboxylic acids is 1. The van der Waals surface area contributed by atoms with Gasteiger partial charge in [0, 0.05) is 16.6 Å². The predicted molar refractivity (Wildman–Crippen MR) is 108 cm³/mol. The van der Waals surface area contributed by atoms with Crippen LogP contribution < -0.4 is 5.32 Å². The molecule has 0 amide bonds. The second-order valence-corrected chi connectivity index (χ2v) is 7.47. The lowest BCUT2D eigenvalue weighted by Crippen LogP contribution is -2.24. The minimum absolute atomic E-state index is 0.0232. The highest BCUT2D eigenvalue weighted by atomic mass is 35.5. The summed E-state index contributed by atoms with van der Waals surface area (Å²) in [6.07, 6.45) is 1.23. The van der Waals surface area contributed by atoms with Crippen molar-refractivity contribution < 1.29 is 9.90 Å². The number of carbonyl (C=O) groups is 1. The van der Waals surface area contributed by atoms with Gasteiger partial charge in [0.15, 0.2) is 5.65 Å². The lowest BCUT2D eigenvalue weighted by Gasteiger charge is -2.22. The van der Waals surface area contributed by atoms with Crippen molar-refractivity contribution >= 4 is 40.6 Å². The van der Waals surface area contributed by atoms with Crippen LogP contribution in [0.1, 0.15) is 36.7 Å². The van der Waals surface area contributed by atoms with E-state index >= 15 is 0 Å². The largest absolute Gasteiger partial charge is 0.477 e. The molecule has 0 aliphatic carbocycles. The monoisotopic (exact) mass is 417 g/mol. The van der Waals surface area contributed by atoms with E-state index in [-0.39, 0.29) is 28.3 Å². The van der Waals surface area contributed by atoms with Crippen LogP contribution in [0.25, 0.3) is 16.8 Å². The van der Waals surface area contributed by atoms with Crippen molar-refractivity contribution in [3.8, 4) is 17.2 Å².